The molecule has 0 aliphatic heterocycles. The van der Waals surface area contributed by atoms with Gasteiger partial charge in [-0.15, -0.1) is 3.89 Å². The van der Waals surface area contributed by atoms with E-state index in [1.54, 1.807) is 6.92 Å². The Morgan fingerprint density at radius 1 is 0.941 bits per heavy atom. The lowest BCUT2D eigenvalue weighted by Gasteiger charge is -2.05. The van der Waals surface area contributed by atoms with Crippen LogP contribution < -0.4 is 0 Å². The van der Waals surface area contributed by atoms with Crippen LogP contribution in [0.15, 0.2) is 53.4 Å². The zero-order valence-electron chi connectivity index (χ0n) is 9.22. The molecule has 17 heavy (non-hydrogen) atoms. The van der Waals surface area contributed by atoms with Gasteiger partial charge < -0.3 is 0 Å². The van der Waals surface area contributed by atoms with Gasteiger partial charge in [0, 0.05) is 0 Å². The highest BCUT2D eigenvalue weighted by atomic mass is 32.3. The number of aryl methyl sites for hydroxylation is 1. The van der Waals surface area contributed by atoms with Crippen molar-refractivity contribution in [2.75, 3.05) is 0 Å². The minimum absolute atomic E-state index is 0.295. The fraction of sp³-hybridized carbons (Fsp3) is 0.0769. The second-order valence-electron chi connectivity index (χ2n) is 3.84. The van der Waals surface area contributed by atoms with Gasteiger partial charge in [0.2, 0.25) is 0 Å². The van der Waals surface area contributed by atoms with Crippen molar-refractivity contribution in [2.24, 2.45) is 0 Å². The van der Waals surface area contributed by atoms with Crippen molar-refractivity contribution < 1.29 is 12.3 Å². The molecule has 0 saturated carbocycles. The first-order valence-electron chi connectivity index (χ1n) is 5.08. The van der Waals surface area contributed by atoms with E-state index in [0.29, 0.717) is 11.1 Å². The first-order chi connectivity index (χ1) is 7.97. The average molecular weight is 250 g/mol. The number of hydrogen-bond acceptors (Lipinski definition) is 2. The molecule has 0 aliphatic carbocycles. The maximum atomic E-state index is 13.0. The minimum Gasteiger partial charge on any atom is -0.189 e. The number of halogens is 1. The number of rotatable bonds is 2. The van der Waals surface area contributed by atoms with Crippen molar-refractivity contribution in [3.63, 3.8) is 0 Å². The van der Waals surface area contributed by atoms with Gasteiger partial charge in [0.15, 0.2) is 0 Å². The highest BCUT2D eigenvalue weighted by molar-refractivity contribution is 7.86. The summed E-state index contributed by atoms with van der Waals surface area (Å²) in [5.41, 5.74) is 2.27. The van der Waals surface area contributed by atoms with E-state index in [2.05, 4.69) is 0 Å². The third-order valence-electron chi connectivity index (χ3n) is 2.44. The lowest BCUT2D eigenvalue weighted by atomic mass is 10.0. The predicted octanol–water partition coefficient (Wildman–Crippen LogP) is 3.32. The van der Waals surface area contributed by atoms with Gasteiger partial charge in [-0.3, -0.25) is 0 Å². The van der Waals surface area contributed by atoms with Crippen LogP contribution in [0.3, 0.4) is 0 Å². The second kappa shape index (κ2) is 4.30. The normalized spacial score (nSPS) is 11.4. The van der Waals surface area contributed by atoms with Gasteiger partial charge in [-0.1, -0.05) is 36.4 Å². The third kappa shape index (κ3) is 2.71. The van der Waals surface area contributed by atoms with E-state index in [9.17, 15) is 12.3 Å². The van der Waals surface area contributed by atoms with E-state index in [0.717, 1.165) is 5.56 Å². The first kappa shape index (κ1) is 11.8. The maximum absolute atomic E-state index is 13.0. The molecule has 0 amide bonds. The molecular formula is C13H11FO2S. The molecule has 4 heteroatoms. The van der Waals surface area contributed by atoms with E-state index in [1.165, 1.54) is 12.1 Å². The van der Waals surface area contributed by atoms with Crippen LogP contribution in [0.2, 0.25) is 0 Å². The van der Waals surface area contributed by atoms with Gasteiger partial charge in [-0.2, -0.15) is 8.42 Å². The molecule has 0 atom stereocenters. The standard InChI is InChI=1S/C13H11FO2S/c1-10-7-12(11-5-3-2-4-6-11)9-13(8-10)17(14,15)16/h2-9H,1H3. The monoisotopic (exact) mass is 250 g/mol. The topological polar surface area (TPSA) is 34.1 Å². The molecule has 0 fully saturated rings. The molecule has 88 valence electrons. The van der Waals surface area contributed by atoms with Crippen LogP contribution in [0.4, 0.5) is 3.89 Å². The summed E-state index contributed by atoms with van der Waals surface area (Å²) in [4.78, 5) is -0.295. The van der Waals surface area contributed by atoms with Gasteiger partial charge in [-0.05, 0) is 35.7 Å². The molecular weight excluding hydrogens is 239 g/mol. The Balaban J connectivity index is 2.61. The molecule has 0 heterocycles. The Hall–Kier alpha value is -1.68. The molecule has 2 aromatic carbocycles. The summed E-state index contributed by atoms with van der Waals surface area (Å²) < 4.78 is 34.8. The van der Waals surface area contributed by atoms with Gasteiger partial charge in [0.05, 0.1) is 4.90 Å². The lowest BCUT2D eigenvalue weighted by Crippen LogP contribution is -1.93. The number of benzene rings is 2. The highest BCUT2D eigenvalue weighted by Gasteiger charge is 2.13. The van der Waals surface area contributed by atoms with Crippen LogP contribution in [0.25, 0.3) is 11.1 Å². The van der Waals surface area contributed by atoms with Crippen molar-refractivity contribution in [2.45, 2.75) is 11.8 Å². The smallest absolute Gasteiger partial charge is 0.189 e. The van der Waals surface area contributed by atoms with Gasteiger partial charge in [0.1, 0.15) is 0 Å². The van der Waals surface area contributed by atoms with Crippen molar-refractivity contribution in [3.8, 4) is 11.1 Å². The van der Waals surface area contributed by atoms with Crippen molar-refractivity contribution >= 4 is 10.2 Å². The van der Waals surface area contributed by atoms with Crippen LogP contribution >= 0.6 is 0 Å². The van der Waals surface area contributed by atoms with Gasteiger partial charge >= 0.3 is 10.2 Å². The quantitative estimate of drug-likeness (QED) is 0.766. The summed E-state index contributed by atoms with van der Waals surface area (Å²) >= 11 is 0. The van der Waals surface area contributed by atoms with Gasteiger partial charge in [-0.25, -0.2) is 0 Å². The summed E-state index contributed by atoms with van der Waals surface area (Å²) in [5.74, 6) is 0. The van der Waals surface area contributed by atoms with E-state index < -0.39 is 10.2 Å². The summed E-state index contributed by atoms with van der Waals surface area (Å²) in [7, 11) is -4.66. The molecule has 0 aromatic heterocycles. The fourth-order valence-corrected chi connectivity index (χ4v) is 2.28. The van der Waals surface area contributed by atoms with E-state index in [4.69, 9.17) is 0 Å². The molecule has 0 N–H and O–H groups in total. The molecule has 2 aromatic rings. The summed E-state index contributed by atoms with van der Waals surface area (Å²) in [6, 6.07) is 13.8. The minimum atomic E-state index is -4.66. The van der Waals surface area contributed by atoms with Gasteiger partial charge in [0.25, 0.3) is 0 Å². The van der Waals surface area contributed by atoms with Crippen LogP contribution in [-0.2, 0) is 10.2 Å². The van der Waals surface area contributed by atoms with Crippen molar-refractivity contribution in [1.82, 2.24) is 0 Å². The Morgan fingerprint density at radius 2 is 1.59 bits per heavy atom. The second-order valence-corrected chi connectivity index (χ2v) is 5.19. The maximum Gasteiger partial charge on any atom is 0.332 e. The SMILES string of the molecule is Cc1cc(-c2ccccc2)cc(S(=O)(=O)F)c1. The molecule has 0 unspecified atom stereocenters. The molecule has 0 aliphatic rings. The highest BCUT2D eigenvalue weighted by Crippen LogP contribution is 2.25. The predicted molar refractivity (Wildman–Crippen MR) is 64.9 cm³/mol. The Bertz CT molecular complexity index is 634. The van der Waals surface area contributed by atoms with Crippen LogP contribution in [-0.4, -0.2) is 8.42 Å². The van der Waals surface area contributed by atoms with E-state index in [1.807, 2.05) is 36.4 Å². The summed E-state index contributed by atoms with van der Waals surface area (Å²) in [6.45, 7) is 1.74. The number of hydrogen-bond donors (Lipinski definition) is 0. The molecule has 0 bridgehead atoms. The molecule has 2 nitrogen and oxygen atoms in total. The Morgan fingerprint density at radius 3 is 2.18 bits per heavy atom. The van der Waals surface area contributed by atoms with Crippen LogP contribution in [0, 0.1) is 6.92 Å². The van der Waals surface area contributed by atoms with E-state index >= 15 is 0 Å². The van der Waals surface area contributed by atoms with Crippen molar-refractivity contribution in [1.29, 1.82) is 0 Å². The van der Waals surface area contributed by atoms with Crippen molar-refractivity contribution in [3.05, 3.63) is 54.1 Å². The Kier molecular flexibility index (Phi) is 2.98. The van der Waals surface area contributed by atoms with E-state index in [-0.39, 0.29) is 4.90 Å². The largest absolute Gasteiger partial charge is 0.332 e. The lowest BCUT2D eigenvalue weighted by molar-refractivity contribution is 0.552. The van der Waals surface area contributed by atoms with Crippen LogP contribution in [0.5, 0.6) is 0 Å². The molecule has 0 saturated heterocycles. The molecule has 2 rings (SSSR count). The zero-order valence-corrected chi connectivity index (χ0v) is 10.0. The molecule has 0 radical (unpaired) electrons. The third-order valence-corrected chi connectivity index (χ3v) is 3.24. The van der Waals surface area contributed by atoms with Crippen LogP contribution in [0.1, 0.15) is 5.56 Å². The zero-order chi connectivity index (χ0) is 12.5. The summed E-state index contributed by atoms with van der Waals surface area (Å²) in [5, 5.41) is 0. The summed E-state index contributed by atoms with van der Waals surface area (Å²) in [6.07, 6.45) is 0. The Labute approximate surface area is 99.9 Å². The molecule has 0 spiro atoms. The average Bonchev–Trinajstić information content (AvgIpc) is 2.28. The fourth-order valence-electron chi connectivity index (χ4n) is 1.69. The first-order valence-corrected chi connectivity index (χ1v) is 6.47.